The van der Waals surface area contributed by atoms with E-state index in [1.807, 2.05) is 135 Å². The largest absolute Gasteiger partial charge is 0.436 e. The third-order valence-corrected chi connectivity index (χ3v) is 10.8. The highest BCUT2D eigenvalue weighted by Crippen LogP contribution is 2.31. The predicted octanol–water partition coefficient (Wildman–Crippen LogP) is 6.47. The summed E-state index contributed by atoms with van der Waals surface area (Å²) in [7, 11) is 7.51. The van der Waals surface area contributed by atoms with Crippen LogP contribution >= 0.6 is 0 Å². The van der Waals surface area contributed by atoms with Crippen LogP contribution in [0.5, 0.6) is 0 Å². The zero-order chi connectivity index (χ0) is 40.1. The molecule has 0 spiro atoms. The lowest BCUT2D eigenvalue weighted by molar-refractivity contribution is -0.141. The molecule has 57 heavy (non-hydrogen) atoms. The Hall–Kier alpha value is -6.11. The predicted molar refractivity (Wildman–Crippen MR) is 220 cm³/mol. The van der Waals surface area contributed by atoms with E-state index in [1.165, 1.54) is 0 Å². The number of nitrogens with zero attached hydrogens (tertiary/aromatic N) is 5. The highest BCUT2D eigenvalue weighted by atomic mass is 16.4. The van der Waals surface area contributed by atoms with Gasteiger partial charge >= 0.3 is 0 Å². The number of carbonyl (C=O) groups excluding carboxylic acids is 4. The summed E-state index contributed by atoms with van der Waals surface area (Å²) < 4.78 is 6.12. The van der Waals surface area contributed by atoms with Crippen LogP contribution in [0.1, 0.15) is 48.9 Å². The summed E-state index contributed by atoms with van der Waals surface area (Å²) in [5.74, 6) is 0.381. The fourth-order valence-corrected chi connectivity index (χ4v) is 7.92. The molecule has 2 saturated heterocycles. The van der Waals surface area contributed by atoms with Gasteiger partial charge in [-0.3, -0.25) is 29.0 Å². The summed E-state index contributed by atoms with van der Waals surface area (Å²) in [6.07, 6.45) is 4.37. The van der Waals surface area contributed by atoms with Crippen LogP contribution in [0.4, 0.5) is 11.4 Å². The molecular weight excluding hydrogens is 719 g/mol. The first-order valence-corrected chi connectivity index (χ1v) is 19.4. The van der Waals surface area contributed by atoms with Gasteiger partial charge < -0.3 is 24.9 Å². The Morgan fingerprint density at radius 3 is 1.46 bits per heavy atom. The van der Waals surface area contributed by atoms with E-state index in [1.54, 1.807) is 28.1 Å². The Labute approximate surface area is 333 Å². The number of nitrogens with one attached hydrogen (secondary N) is 2. The van der Waals surface area contributed by atoms with Crippen LogP contribution in [0.25, 0.3) is 22.8 Å². The van der Waals surface area contributed by atoms with Crippen molar-refractivity contribution < 1.29 is 23.6 Å². The molecule has 4 amide bonds. The van der Waals surface area contributed by atoms with Gasteiger partial charge in [0, 0.05) is 35.6 Å². The fourth-order valence-electron chi connectivity index (χ4n) is 7.92. The summed E-state index contributed by atoms with van der Waals surface area (Å²) in [4.78, 5) is 66.1. The number of hydrogen-bond donors (Lipinski definition) is 2. The average Bonchev–Trinajstić information content (AvgIpc) is 4.01. The topological polar surface area (TPSA) is 131 Å². The third-order valence-electron chi connectivity index (χ3n) is 10.8. The van der Waals surface area contributed by atoms with E-state index < -0.39 is 24.2 Å². The molecule has 12 heteroatoms. The van der Waals surface area contributed by atoms with Crippen LogP contribution in [0.15, 0.2) is 120 Å². The number of oxazole rings is 1. The highest BCUT2D eigenvalue weighted by molar-refractivity contribution is 5.99. The van der Waals surface area contributed by atoms with Crippen molar-refractivity contribution in [1.29, 1.82) is 0 Å². The lowest BCUT2D eigenvalue weighted by atomic mass is 10.0. The molecule has 0 aliphatic carbocycles. The Morgan fingerprint density at radius 2 is 1.04 bits per heavy atom. The number of carbonyl (C=O) groups is 4. The molecule has 2 aliphatic rings. The molecule has 2 fully saturated rings. The van der Waals surface area contributed by atoms with E-state index in [-0.39, 0.29) is 23.6 Å². The second kappa shape index (κ2) is 17.4. The standard InChI is InChI=1S/C45H49N7O5/c1-49(2)39(31-13-7-5-8-14-31)44(55)51-27-11-17-36(51)41(53)47-34-23-19-30(20-24-34)38-29-46-43(57-38)33-21-25-35(26-22-33)48-42(54)37-18-12-28-52(37)45(56)40(50(3)4)32-15-9-6-10-16-32/h5-10,13-16,19-26,29,36-37,39-40H,11-12,17-18,27-28H2,1-4H3,(H,47,53)(H,48,54)/t36-,37?,39+,40+/m0/s1. The number of anilines is 2. The minimum atomic E-state index is -0.556. The molecule has 7 rings (SSSR count). The Kier molecular flexibility index (Phi) is 11.9. The molecule has 4 aromatic carbocycles. The number of aromatic nitrogens is 1. The minimum absolute atomic E-state index is 0.0820. The van der Waals surface area contributed by atoms with Crippen molar-refractivity contribution in [3.8, 4) is 22.8 Å². The van der Waals surface area contributed by atoms with Crippen molar-refractivity contribution in [3.63, 3.8) is 0 Å². The number of hydrogen-bond acceptors (Lipinski definition) is 8. The Bertz CT molecular complexity index is 2020. The smallest absolute Gasteiger partial charge is 0.247 e. The minimum Gasteiger partial charge on any atom is -0.436 e. The summed E-state index contributed by atoms with van der Waals surface area (Å²) in [6.45, 7) is 1.07. The Morgan fingerprint density at radius 1 is 0.614 bits per heavy atom. The number of amides is 4. The lowest BCUT2D eigenvalue weighted by Crippen LogP contribution is -2.47. The van der Waals surface area contributed by atoms with E-state index in [0.29, 0.717) is 49.0 Å². The molecule has 5 aromatic rings. The van der Waals surface area contributed by atoms with Gasteiger partial charge in [-0.25, -0.2) is 4.98 Å². The molecule has 0 saturated carbocycles. The number of likely N-dealkylation sites (tertiary alicyclic amines) is 2. The average molecular weight is 768 g/mol. The fraction of sp³-hybridized carbons (Fsp3) is 0.311. The van der Waals surface area contributed by atoms with Crippen molar-refractivity contribution >= 4 is 35.0 Å². The summed E-state index contributed by atoms with van der Waals surface area (Å²) in [5.41, 5.74) is 4.53. The molecule has 2 aliphatic heterocycles. The van der Waals surface area contributed by atoms with E-state index in [2.05, 4.69) is 15.6 Å². The van der Waals surface area contributed by atoms with Gasteiger partial charge in [-0.2, -0.15) is 0 Å². The van der Waals surface area contributed by atoms with Crippen LogP contribution in [-0.2, 0) is 19.2 Å². The van der Waals surface area contributed by atoms with Crippen molar-refractivity contribution in [2.75, 3.05) is 51.9 Å². The molecule has 12 nitrogen and oxygen atoms in total. The van der Waals surface area contributed by atoms with Gasteiger partial charge in [0.05, 0.1) is 6.20 Å². The summed E-state index contributed by atoms with van der Waals surface area (Å²) >= 11 is 0. The normalized spacial score (nSPS) is 17.8. The van der Waals surface area contributed by atoms with Gasteiger partial charge in [0.2, 0.25) is 29.5 Å². The SMILES string of the molecule is CN(C)[C@@H](C(=O)N1CCCC1C(=O)Nc1ccc(-c2ncc(-c3ccc(NC(=O)[C@@H]4CCCN4C(=O)[C@@H](c4ccccc4)N(C)C)cc3)o2)cc1)c1ccccc1. The van der Waals surface area contributed by atoms with E-state index >= 15 is 0 Å². The zero-order valence-corrected chi connectivity index (χ0v) is 32.8. The molecule has 3 heterocycles. The van der Waals surface area contributed by atoms with E-state index in [4.69, 9.17) is 4.42 Å². The number of rotatable bonds is 12. The first kappa shape index (κ1) is 39.1. The van der Waals surface area contributed by atoms with Crippen LogP contribution in [0, 0.1) is 0 Å². The monoisotopic (exact) mass is 767 g/mol. The summed E-state index contributed by atoms with van der Waals surface area (Å²) in [5, 5.41) is 6.00. The number of benzene rings is 4. The van der Waals surface area contributed by atoms with Gasteiger partial charge in [-0.05, 0) is 114 Å². The van der Waals surface area contributed by atoms with Gasteiger partial charge in [0.25, 0.3) is 0 Å². The van der Waals surface area contributed by atoms with Crippen LogP contribution in [0.3, 0.4) is 0 Å². The van der Waals surface area contributed by atoms with Gasteiger partial charge in [-0.1, -0.05) is 60.7 Å². The lowest BCUT2D eigenvalue weighted by Gasteiger charge is -2.31. The molecule has 2 N–H and O–H groups in total. The first-order chi connectivity index (χ1) is 27.6. The maximum Gasteiger partial charge on any atom is 0.247 e. The van der Waals surface area contributed by atoms with Crippen LogP contribution < -0.4 is 10.6 Å². The van der Waals surface area contributed by atoms with Crippen molar-refractivity contribution in [2.45, 2.75) is 49.9 Å². The van der Waals surface area contributed by atoms with Crippen molar-refractivity contribution in [1.82, 2.24) is 24.6 Å². The van der Waals surface area contributed by atoms with Crippen molar-refractivity contribution in [3.05, 3.63) is 127 Å². The third kappa shape index (κ3) is 8.67. The molecule has 0 radical (unpaired) electrons. The van der Waals surface area contributed by atoms with Crippen LogP contribution in [0.2, 0.25) is 0 Å². The van der Waals surface area contributed by atoms with Gasteiger partial charge in [0.1, 0.15) is 24.2 Å². The van der Waals surface area contributed by atoms with E-state index in [9.17, 15) is 19.2 Å². The van der Waals surface area contributed by atoms with Crippen LogP contribution in [-0.4, -0.2) is 102 Å². The molecule has 1 unspecified atom stereocenters. The maximum absolute atomic E-state index is 13.7. The molecular formula is C45H49N7O5. The molecule has 4 atom stereocenters. The molecule has 1 aromatic heterocycles. The van der Waals surface area contributed by atoms with Gasteiger partial charge in [0.15, 0.2) is 5.76 Å². The molecule has 0 bridgehead atoms. The van der Waals surface area contributed by atoms with E-state index in [0.717, 1.165) is 35.1 Å². The highest BCUT2D eigenvalue weighted by Gasteiger charge is 2.40. The zero-order valence-electron chi connectivity index (χ0n) is 32.8. The number of likely N-dealkylation sites (N-methyl/N-ethyl adjacent to an activating group) is 2. The second-order valence-electron chi connectivity index (χ2n) is 15.1. The summed E-state index contributed by atoms with van der Waals surface area (Å²) in [6, 6.07) is 31.8. The van der Waals surface area contributed by atoms with Gasteiger partial charge in [-0.15, -0.1) is 0 Å². The second-order valence-corrected chi connectivity index (χ2v) is 15.1. The maximum atomic E-state index is 13.7. The van der Waals surface area contributed by atoms with Crippen molar-refractivity contribution in [2.24, 2.45) is 0 Å². The quantitative estimate of drug-likeness (QED) is 0.148. The molecule has 294 valence electrons. The Balaban J connectivity index is 0.951. The first-order valence-electron chi connectivity index (χ1n) is 19.4.